The molecule has 0 bridgehead atoms. The van der Waals surface area contributed by atoms with Crippen molar-refractivity contribution in [3.05, 3.63) is 30.0 Å². The first-order chi connectivity index (χ1) is 5.79. The Bertz CT molecular complexity index is 403. The summed E-state index contributed by atoms with van der Waals surface area (Å²) in [5, 5.41) is 1.19. The minimum absolute atomic E-state index is 0.975. The Labute approximate surface area is 75.8 Å². The van der Waals surface area contributed by atoms with E-state index < -0.39 is 0 Å². The molecular formula is C10H10OS. The lowest BCUT2D eigenvalue weighted by Crippen LogP contribution is -1.67. The molecule has 0 saturated heterocycles. The summed E-state index contributed by atoms with van der Waals surface area (Å²) < 4.78 is 5.46. The minimum Gasteiger partial charge on any atom is -0.461 e. The van der Waals surface area contributed by atoms with Crippen molar-refractivity contribution in [3.63, 3.8) is 0 Å². The molecule has 0 unspecified atom stereocenters. The second-order valence-corrected chi connectivity index (χ2v) is 3.64. The number of benzene rings is 1. The fourth-order valence-corrected chi connectivity index (χ4v) is 1.73. The molecule has 2 rings (SSSR count). The van der Waals surface area contributed by atoms with Gasteiger partial charge in [0.2, 0.25) is 0 Å². The van der Waals surface area contributed by atoms with Crippen LogP contribution in [-0.2, 0) is 0 Å². The Morgan fingerprint density at radius 2 is 2.08 bits per heavy atom. The highest BCUT2D eigenvalue weighted by Crippen LogP contribution is 2.24. The zero-order valence-corrected chi connectivity index (χ0v) is 7.94. The van der Waals surface area contributed by atoms with Crippen molar-refractivity contribution in [2.45, 2.75) is 11.8 Å². The molecule has 0 fully saturated rings. The summed E-state index contributed by atoms with van der Waals surface area (Å²) in [5.74, 6) is 0.975. The summed E-state index contributed by atoms with van der Waals surface area (Å²) in [6.07, 6.45) is 2.08. The van der Waals surface area contributed by atoms with Crippen LogP contribution >= 0.6 is 11.8 Å². The standard InChI is InChI=1S/C10H10OS/c1-7-5-8-6-9(12-2)3-4-10(8)11-7/h3-6H,1-2H3. The number of rotatable bonds is 1. The van der Waals surface area contributed by atoms with Gasteiger partial charge in [-0.2, -0.15) is 0 Å². The van der Waals surface area contributed by atoms with E-state index in [-0.39, 0.29) is 0 Å². The molecule has 1 heterocycles. The third-order valence-electron chi connectivity index (χ3n) is 1.85. The van der Waals surface area contributed by atoms with E-state index in [0.717, 1.165) is 11.3 Å². The molecule has 0 amide bonds. The third-order valence-corrected chi connectivity index (χ3v) is 2.57. The van der Waals surface area contributed by atoms with Gasteiger partial charge in [0, 0.05) is 10.3 Å². The van der Waals surface area contributed by atoms with Crippen LogP contribution in [0.15, 0.2) is 33.6 Å². The monoisotopic (exact) mass is 178 g/mol. The number of thioether (sulfide) groups is 1. The van der Waals surface area contributed by atoms with Crippen LogP contribution in [0.5, 0.6) is 0 Å². The second-order valence-electron chi connectivity index (χ2n) is 2.76. The molecule has 2 heteroatoms. The van der Waals surface area contributed by atoms with Gasteiger partial charge in [0.25, 0.3) is 0 Å². The van der Waals surface area contributed by atoms with Gasteiger partial charge in [-0.15, -0.1) is 11.8 Å². The predicted octanol–water partition coefficient (Wildman–Crippen LogP) is 3.46. The van der Waals surface area contributed by atoms with Gasteiger partial charge in [0.05, 0.1) is 0 Å². The summed E-state index contributed by atoms with van der Waals surface area (Å²) in [4.78, 5) is 1.28. The lowest BCUT2D eigenvalue weighted by molar-refractivity contribution is 0.578. The molecule has 0 aliphatic carbocycles. The molecule has 12 heavy (non-hydrogen) atoms. The summed E-state index contributed by atoms with van der Waals surface area (Å²) >= 11 is 1.75. The summed E-state index contributed by atoms with van der Waals surface area (Å²) in [7, 11) is 0. The largest absolute Gasteiger partial charge is 0.461 e. The van der Waals surface area contributed by atoms with Crippen LogP contribution in [0.25, 0.3) is 11.0 Å². The van der Waals surface area contributed by atoms with Crippen LogP contribution < -0.4 is 0 Å². The van der Waals surface area contributed by atoms with Crippen molar-refractivity contribution in [1.82, 2.24) is 0 Å². The molecule has 0 spiro atoms. The highest BCUT2D eigenvalue weighted by molar-refractivity contribution is 7.98. The zero-order valence-electron chi connectivity index (χ0n) is 7.13. The average molecular weight is 178 g/mol. The van der Waals surface area contributed by atoms with E-state index in [1.807, 2.05) is 13.0 Å². The minimum atomic E-state index is 0.975. The Hall–Kier alpha value is -0.890. The molecular weight excluding hydrogens is 168 g/mol. The molecule has 2 aromatic rings. The van der Waals surface area contributed by atoms with Crippen molar-refractivity contribution in [1.29, 1.82) is 0 Å². The Balaban J connectivity index is 2.66. The lowest BCUT2D eigenvalue weighted by atomic mass is 10.2. The molecule has 0 atom stereocenters. The fourth-order valence-electron chi connectivity index (χ4n) is 1.28. The van der Waals surface area contributed by atoms with Crippen molar-refractivity contribution in [2.24, 2.45) is 0 Å². The van der Waals surface area contributed by atoms with E-state index in [0.29, 0.717) is 0 Å². The van der Waals surface area contributed by atoms with Crippen LogP contribution in [0.2, 0.25) is 0 Å². The number of fused-ring (bicyclic) bond motifs is 1. The Morgan fingerprint density at radius 1 is 1.25 bits per heavy atom. The summed E-state index contributed by atoms with van der Waals surface area (Å²) in [6, 6.07) is 8.32. The van der Waals surface area contributed by atoms with E-state index in [1.165, 1.54) is 10.3 Å². The maximum Gasteiger partial charge on any atom is 0.134 e. The van der Waals surface area contributed by atoms with Crippen LogP contribution in [0.1, 0.15) is 5.76 Å². The lowest BCUT2D eigenvalue weighted by Gasteiger charge is -1.93. The van der Waals surface area contributed by atoms with E-state index in [2.05, 4.69) is 24.5 Å². The molecule has 0 saturated carbocycles. The first-order valence-corrected chi connectivity index (χ1v) is 5.06. The molecule has 1 nitrogen and oxygen atoms in total. The topological polar surface area (TPSA) is 13.1 Å². The molecule has 0 radical (unpaired) electrons. The third kappa shape index (κ3) is 1.23. The quantitative estimate of drug-likeness (QED) is 0.620. The molecule has 1 aromatic carbocycles. The van der Waals surface area contributed by atoms with E-state index in [1.54, 1.807) is 11.8 Å². The number of hydrogen-bond donors (Lipinski definition) is 0. The first kappa shape index (κ1) is 7.74. The van der Waals surface area contributed by atoms with Crippen LogP contribution in [0.4, 0.5) is 0 Å². The highest BCUT2D eigenvalue weighted by Gasteiger charge is 1.99. The van der Waals surface area contributed by atoms with Gasteiger partial charge in [-0.05, 0) is 37.4 Å². The Kier molecular flexibility index (Phi) is 1.85. The average Bonchev–Trinajstić information content (AvgIpc) is 2.43. The molecule has 0 aliphatic heterocycles. The van der Waals surface area contributed by atoms with Crippen molar-refractivity contribution in [2.75, 3.05) is 6.26 Å². The molecule has 0 N–H and O–H groups in total. The van der Waals surface area contributed by atoms with Gasteiger partial charge in [0.15, 0.2) is 0 Å². The SMILES string of the molecule is CSc1ccc2oc(C)cc2c1. The van der Waals surface area contributed by atoms with Crippen molar-refractivity contribution in [3.8, 4) is 0 Å². The highest BCUT2D eigenvalue weighted by atomic mass is 32.2. The van der Waals surface area contributed by atoms with Gasteiger partial charge in [0.1, 0.15) is 11.3 Å². The van der Waals surface area contributed by atoms with E-state index >= 15 is 0 Å². The van der Waals surface area contributed by atoms with Gasteiger partial charge in [-0.25, -0.2) is 0 Å². The van der Waals surface area contributed by atoms with E-state index in [4.69, 9.17) is 4.42 Å². The second kappa shape index (κ2) is 2.87. The van der Waals surface area contributed by atoms with Crippen LogP contribution in [-0.4, -0.2) is 6.26 Å². The Morgan fingerprint density at radius 3 is 2.83 bits per heavy atom. The van der Waals surface area contributed by atoms with Crippen molar-refractivity contribution >= 4 is 22.7 Å². The van der Waals surface area contributed by atoms with E-state index in [9.17, 15) is 0 Å². The molecule has 62 valence electrons. The number of hydrogen-bond acceptors (Lipinski definition) is 2. The van der Waals surface area contributed by atoms with Crippen LogP contribution in [0.3, 0.4) is 0 Å². The van der Waals surface area contributed by atoms with Gasteiger partial charge in [-0.3, -0.25) is 0 Å². The van der Waals surface area contributed by atoms with Gasteiger partial charge < -0.3 is 4.42 Å². The molecule has 0 aliphatic rings. The molecule has 1 aromatic heterocycles. The normalized spacial score (nSPS) is 10.8. The van der Waals surface area contributed by atoms with Gasteiger partial charge >= 0.3 is 0 Å². The summed E-state index contributed by atoms with van der Waals surface area (Å²) in [5.41, 5.74) is 0.977. The van der Waals surface area contributed by atoms with Crippen molar-refractivity contribution < 1.29 is 4.42 Å². The fraction of sp³-hybridized carbons (Fsp3) is 0.200. The van der Waals surface area contributed by atoms with Gasteiger partial charge in [-0.1, -0.05) is 0 Å². The smallest absolute Gasteiger partial charge is 0.134 e. The van der Waals surface area contributed by atoms with Crippen LogP contribution in [0, 0.1) is 6.92 Å². The summed E-state index contributed by atoms with van der Waals surface area (Å²) in [6.45, 7) is 1.97. The number of furan rings is 1. The zero-order chi connectivity index (χ0) is 8.55. The maximum absolute atomic E-state index is 5.46. The maximum atomic E-state index is 5.46. The first-order valence-electron chi connectivity index (χ1n) is 3.84. The predicted molar refractivity (Wildman–Crippen MR) is 52.7 cm³/mol. The number of aryl methyl sites for hydroxylation is 1.